The zero-order chi connectivity index (χ0) is 21.0. The molecule has 0 saturated heterocycles. The van der Waals surface area contributed by atoms with E-state index < -0.39 is 0 Å². The molecule has 29 heavy (non-hydrogen) atoms. The first-order valence-corrected chi connectivity index (χ1v) is 10.3. The highest BCUT2D eigenvalue weighted by Gasteiger charge is 2.29. The number of hydrogen-bond donors (Lipinski definition) is 2. The van der Waals surface area contributed by atoms with Crippen molar-refractivity contribution in [1.82, 2.24) is 5.32 Å². The Kier molecular flexibility index (Phi) is 6.57. The lowest BCUT2D eigenvalue weighted by molar-refractivity contribution is -0.123. The molecule has 1 saturated carbocycles. The second kappa shape index (κ2) is 9.12. The molecule has 1 aliphatic rings. The molecule has 0 heterocycles. The maximum absolute atomic E-state index is 12.4. The molecule has 2 aromatic rings. The highest BCUT2D eigenvalue weighted by atomic mass is 16.5. The van der Waals surface area contributed by atoms with Crippen LogP contribution >= 0.6 is 0 Å². The first-order chi connectivity index (χ1) is 13.8. The van der Waals surface area contributed by atoms with Gasteiger partial charge in [-0.05, 0) is 67.5 Å². The molecule has 2 N–H and O–H groups in total. The van der Waals surface area contributed by atoms with Gasteiger partial charge in [-0.3, -0.25) is 9.59 Å². The van der Waals surface area contributed by atoms with Gasteiger partial charge in [0.25, 0.3) is 5.91 Å². The molecular weight excluding hydrogens is 364 g/mol. The number of rotatable bonds is 8. The molecule has 5 heteroatoms. The van der Waals surface area contributed by atoms with Gasteiger partial charge >= 0.3 is 0 Å². The maximum Gasteiger partial charge on any atom is 0.258 e. The number of aryl methyl sites for hydroxylation is 1. The third-order valence-corrected chi connectivity index (χ3v) is 5.15. The van der Waals surface area contributed by atoms with Crippen molar-refractivity contribution in [2.45, 2.75) is 52.5 Å². The van der Waals surface area contributed by atoms with Gasteiger partial charge in [-0.1, -0.05) is 38.1 Å². The van der Waals surface area contributed by atoms with Gasteiger partial charge < -0.3 is 15.4 Å². The zero-order valence-electron chi connectivity index (χ0n) is 17.6. The molecule has 1 fully saturated rings. The summed E-state index contributed by atoms with van der Waals surface area (Å²) in [5.41, 5.74) is 3.96. The number of carbonyl (C=O) groups is 2. The largest absolute Gasteiger partial charge is 0.483 e. The van der Waals surface area contributed by atoms with E-state index in [4.69, 9.17) is 4.74 Å². The van der Waals surface area contributed by atoms with Gasteiger partial charge in [-0.2, -0.15) is 0 Å². The van der Waals surface area contributed by atoms with Crippen LogP contribution in [0.3, 0.4) is 0 Å². The Labute approximate surface area is 172 Å². The normalized spacial score (nSPS) is 14.4. The van der Waals surface area contributed by atoms with Crippen molar-refractivity contribution in [2.75, 3.05) is 11.9 Å². The summed E-state index contributed by atoms with van der Waals surface area (Å²) in [6.07, 6.45) is 1.96. The van der Waals surface area contributed by atoms with Crippen LogP contribution in [0.15, 0.2) is 42.5 Å². The molecule has 1 atom stereocenters. The molecule has 0 aromatic heterocycles. The van der Waals surface area contributed by atoms with Crippen molar-refractivity contribution < 1.29 is 14.3 Å². The maximum atomic E-state index is 12.4. The van der Waals surface area contributed by atoms with Crippen LogP contribution in [-0.4, -0.2) is 18.4 Å². The van der Waals surface area contributed by atoms with Crippen LogP contribution in [0.2, 0.25) is 0 Å². The number of hydrogen-bond acceptors (Lipinski definition) is 3. The van der Waals surface area contributed by atoms with Crippen LogP contribution in [0.25, 0.3) is 0 Å². The molecule has 1 aliphatic carbocycles. The van der Waals surface area contributed by atoms with Crippen molar-refractivity contribution in [3.8, 4) is 5.75 Å². The fraction of sp³-hybridized carbons (Fsp3) is 0.417. The molecule has 0 spiro atoms. The third kappa shape index (κ3) is 5.83. The van der Waals surface area contributed by atoms with Crippen LogP contribution in [0.4, 0.5) is 5.69 Å². The minimum Gasteiger partial charge on any atom is -0.483 e. The summed E-state index contributed by atoms with van der Waals surface area (Å²) < 4.78 is 5.81. The summed E-state index contributed by atoms with van der Waals surface area (Å²) >= 11 is 0. The summed E-state index contributed by atoms with van der Waals surface area (Å²) in [6.45, 7) is 8.13. The quantitative estimate of drug-likeness (QED) is 0.681. The van der Waals surface area contributed by atoms with Crippen molar-refractivity contribution in [3.05, 3.63) is 59.2 Å². The number of amides is 2. The summed E-state index contributed by atoms with van der Waals surface area (Å²) in [6, 6.07) is 13.5. The molecule has 2 amide bonds. The fourth-order valence-electron chi connectivity index (χ4n) is 3.20. The molecule has 2 aromatic carbocycles. The minimum absolute atomic E-state index is 0.0248. The summed E-state index contributed by atoms with van der Waals surface area (Å²) in [7, 11) is 0. The summed E-state index contributed by atoms with van der Waals surface area (Å²) in [5.74, 6) is 1.19. The Balaban J connectivity index is 1.52. The van der Waals surface area contributed by atoms with E-state index in [-0.39, 0.29) is 30.4 Å². The molecule has 3 rings (SSSR count). The Morgan fingerprint density at radius 3 is 2.38 bits per heavy atom. The fourth-order valence-corrected chi connectivity index (χ4v) is 3.20. The molecule has 0 radical (unpaired) electrons. The topological polar surface area (TPSA) is 67.4 Å². The van der Waals surface area contributed by atoms with Gasteiger partial charge in [-0.15, -0.1) is 0 Å². The first kappa shape index (κ1) is 20.9. The minimum atomic E-state index is -0.167. The highest BCUT2D eigenvalue weighted by Crippen LogP contribution is 2.30. The Morgan fingerprint density at radius 1 is 1.07 bits per heavy atom. The van der Waals surface area contributed by atoms with Crippen molar-refractivity contribution >= 4 is 17.5 Å². The Hall–Kier alpha value is -2.82. The van der Waals surface area contributed by atoms with E-state index >= 15 is 0 Å². The van der Waals surface area contributed by atoms with Gasteiger partial charge in [0.05, 0.1) is 6.04 Å². The van der Waals surface area contributed by atoms with Gasteiger partial charge in [-0.25, -0.2) is 0 Å². The van der Waals surface area contributed by atoms with Crippen LogP contribution in [0, 0.1) is 12.8 Å². The summed E-state index contributed by atoms with van der Waals surface area (Å²) in [4.78, 5) is 24.2. The van der Waals surface area contributed by atoms with Gasteiger partial charge in [0.15, 0.2) is 6.61 Å². The van der Waals surface area contributed by atoms with Crippen LogP contribution in [-0.2, 0) is 9.59 Å². The predicted octanol–water partition coefficient (Wildman–Crippen LogP) is 4.72. The number of anilines is 1. The number of benzene rings is 2. The van der Waals surface area contributed by atoms with Crippen molar-refractivity contribution in [3.63, 3.8) is 0 Å². The van der Waals surface area contributed by atoms with Crippen molar-refractivity contribution in [1.29, 1.82) is 0 Å². The highest BCUT2D eigenvalue weighted by molar-refractivity contribution is 5.94. The van der Waals surface area contributed by atoms with Crippen LogP contribution in [0.1, 0.15) is 62.3 Å². The van der Waals surface area contributed by atoms with E-state index in [1.54, 1.807) is 0 Å². The monoisotopic (exact) mass is 394 g/mol. The number of ether oxygens (including phenoxy) is 1. The van der Waals surface area contributed by atoms with Gasteiger partial charge in [0.2, 0.25) is 5.91 Å². The lowest BCUT2D eigenvalue weighted by Gasteiger charge is -2.17. The molecule has 0 bridgehead atoms. The zero-order valence-corrected chi connectivity index (χ0v) is 17.6. The third-order valence-electron chi connectivity index (χ3n) is 5.15. The van der Waals surface area contributed by atoms with Gasteiger partial charge in [0.1, 0.15) is 5.75 Å². The SMILES string of the molecule is Cc1ccc(C(C)C)c(OCC(=O)NC(C)c2ccc(NC(=O)C3CC3)cc2)c1. The standard InChI is InChI=1S/C24H30N2O3/c1-15(2)21-12-5-16(3)13-22(21)29-14-23(27)25-17(4)18-8-10-20(11-9-18)26-24(28)19-6-7-19/h5,8-13,15,17,19H,6-7,14H2,1-4H3,(H,25,27)(H,26,28). The van der Waals surface area contributed by atoms with E-state index in [0.717, 1.165) is 41.0 Å². The van der Waals surface area contributed by atoms with Gasteiger partial charge in [0, 0.05) is 11.6 Å². The van der Waals surface area contributed by atoms with E-state index in [1.165, 1.54) is 0 Å². The summed E-state index contributed by atoms with van der Waals surface area (Å²) in [5, 5.41) is 5.89. The first-order valence-electron chi connectivity index (χ1n) is 10.3. The second-order valence-corrected chi connectivity index (χ2v) is 8.16. The lowest BCUT2D eigenvalue weighted by Crippen LogP contribution is -2.31. The average molecular weight is 395 g/mol. The van der Waals surface area contributed by atoms with Crippen LogP contribution in [0.5, 0.6) is 5.75 Å². The second-order valence-electron chi connectivity index (χ2n) is 8.16. The van der Waals surface area contributed by atoms with E-state index in [9.17, 15) is 9.59 Å². The molecular formula is C24H30N2O3. The number of nitrogens with one attached hydrogen (secondary N) is 2. The molecule has 1 unspecified atom stereocenters. The molecule has 154 valence electrons. The Bertz CT molecular complexity index is 870. The average Bonchev–Trinajstić information content (AvgIpc) is 3.52. The van der Waals surface area contributed by atoms with Crippen molar-refractivity contribution in [2.24, 2.45) is 5.92 Å². The van der Waals surface area contributed by atoms with E-state index in [1.807, 2.05) is 44.2 Å². The van der Waals surface area contributed by atoms with E-state index in [0.29, 0.717) is 5.92 Å². The molecule has 5 nitrogen and oxygen atoms in total. The van der Waals surface area contributed by atoms with Crippen LogP contribution < -0.4 is 15.4 Å². The van der Waals surface area contributed by atoms with E-state index in [2.05, 4.69) is 36.6 Å². The number of carbonyl (C=O) groups excluding carboxylic acids is 2. The lowest BCUT2D eigenvalue weighted by atomic mass is 10.0. The Morgan fingerprint density at radius 2 is 1.76 bits per heavy atom. The predicted molar refractivity (Wildman–Crippen MR) is 115 cm³/mol. The smallest absolute Gasteiger partial charge is 0.258 e. The molecule has 0 aliphatic heterocycles.